The van der Waals surface area contributed by atoms with E-state index in [4.69, 9.17) is 0 Å². The van der Waals surface area contributed by atoms with Crippen molar-refractivity contribution in [2.75, 3.05) is 5.75 Å². The normalized spacial score (nSPS) is 22.3. The van der Waals surface area contributed by atoms with Crippen molar-refractivity contribution in [3.05, 3.63) is 0 Å². The maximum absolute atomic E-state index is 11.1. The lowest BCUT2D eigenvalue weighted by Crippen LogP contribution is -2.06. The summed E-state index contributed by atoms with van der Waals surface area (Å²) in [6.45, 7) is 0. The van der Waals surface area contributed by atoms with Crippen LogP contribution in [0.1, 0.15) is 38.5 Å². The molecule has 1 saturated heterocycles. The fraction of sp³-hybridized carbons (Fsp3) is 0.778. The van der Waals surface area contributed by atoms with E-state index in [0.29, 0.717) is 6.42 Å². The van der Waals surface area contributed by atoms with Gasteiger partial charge in [0.1, 0.15) is 5.78 Å². The fourth-order valence-corrected chi connectivity index (χ4v) is 2.10. The first-order chi connectivity index (χ1) is 5.79. The van der Waals surface area contributed by atoms with Crippen LogP contribution in [0.3, 0.4) is 0 Å². The quantitative estimate of drug-likeness (QED) is 0.544. The van der Waals surface area contributed by atoms with Gasteiger partial charge in [-0.25, -0.2) is 0 Å². The zero-order chi connectivity index (χ0) is 8.81. The summed E-state index contributed by atoms with van der Waals surface area (Å²) < 4.78 is 0. The Morgan fingerprint density at radius 1 is 1.00 bits per heavy atom. The Bertz CT molecular complexity index is 159. The number of hydrogen-bond acceptors (Lipinski definition) is 3. The van der Waals surface area contributed by atoms with E-state index in [9.17, 15) is 9.59 Å². The molecular weight excluding hydrogens is 172 g/mol. The van der Waals surface area contributed by atoms with Gasteiger partial charge >= 0.3 is 0 Å². The second kappa shape index (κ2) is 5.36. The van der Waals surface area contributed by atoms with Crippen LogP contribution >= 0.6 is 11.8 Å². The highest BCUT2D eigenvalue weighted by Crippen LogP contribution is 2.15. The first-order valence-electron chi connectivity index (χ1n) is 4.46. The van der Waals surface area contributed by atoms with Crippen molar-refractivity contribution < 1.29 is 9.59 Å². The summed E-state index contributed by atoms with van der Waals surface area (Å²) in [6, 6.07) is 0. The molecular formula is C9H14O2S. The number of rotatable bonds is 0. The first-order valence-corrected chi connectivity index (χ1v) is 5.45. The molecule has 0 unspecified atom stereocenters. The molecule has 0 spiro atoms. The zero-order valence-electron chi connectivity index (χ0n) is 7.17. The second-order valence-corrected chi connectivity index (χ2v) is 4.25. The zero-order valence-corrected chi connectivity index (χ0v) is 7.99. The average Bonchev–Trinajstić information content (AvgIpc) is 2.02. The average molecular weight is 186 g/mol. The van der Waals surface area contributed by atoms with Crippen LogP contribution < -0.4 is 0 Å². The predicted octanol–water partition coefficient (Wildman–Crippen LogP) is 2.17. The van der Waals surface area contributed by atoms with E-state index in [2.05, 4.69) is 0 Å². The number of Topliss-reactive ketones (excluding diaryl/α,β-unsaturated/α-hetero) is 1. The van der Waals surface area contributed by atoms with Crippen molar-refractivity contribution in [3.63, 3.8) is 0 Å². The molecule has 0 bridgehead atoms. The molecule has 0 N–H and O–H groups in total. The minimum Gasteiger partial charge on any atom is -0.299 e. The standard InChI is InChI=1S/C9H14O2S/c10-8-5-3-1-2-4-6-12-9(11)7-8/h1-7H2. The molecule has 1 rings (SSSR count). The lowest BCUT2D eigenvalue weighted by Gasteiger charge is -2.04. The Morgan fingerprint density at radius 3 is 2.58 bits per heavy atom. The van der Waals surface area contributed by atoms with E-state index in [1.807, 2.05) is 0 Å². The molecule has 1 fully saturated rings. The summed E-state index contributed by atoms with van der Waals surface area (Å²) in [5.41, 5.74) is 0. The van der Waals surface area contributed by atoms with E-state index in [0.717, 1.165) is 31.4 Å². The monoisotopic (exact) mass is 186 g/mol. The Hall–Kier alpha value is -0.310. The molecule has 1 aliphatic rings. The van der Waals surface area contributed by atoms with Crippen LogP contribution in [0.25, 0.3) is 0 Å². The number of carbonyl (C=O) groups excluding carboxylic acids is 2. The van der Waals surface area contributed by atoms with Crippen LogP contribution in [-0.2, 0) is 9.59 Å². The summed E-state index contributed by atoms with van der Waals surface area (Å²) in [5, 5.41) is 0.0573. The maximum atomic E-state index is 11.1. The number of hydrogen-bond donors (Lipinski definition) is 0. The van der Waals surface area contributed by atoms with Crippen molar-refractivity contribution in [3.8, 4) is 0 Å². The van der Waals surface area contributed by atoms with Crippen LogP contribution in [0.15, 0.2) is 0 Å². The fourth-order valence-electron chi connectivity index (χ4n) is 1.26. The molecule has 68 valence electrons. The lowest BCUT2D eigenvalue weighted by atomic mass is 10.1. The largest absolute Gasteiger partial charge is 0.299 e. The van der Waals surface area contributed by atoms with Gasteiger partial charge in [-0.2, -0.15) is 0 Å². The van der Waals surface area contributed by atoms with Crippen molar-refractivity contribution in [2.24, 2.45) is 0 Å². The lowest BCUT2D eigenvalue weighted by molar-refractivity contribution is -0.123. The molecule has 0 amide bonds. The van der Waals surface area contributed by atoms with Gasteiger partial charge in [0.2, 0.25) is 0 Å². The molecule has 1 heterocycles. The van der Waals surface area contributed by atoms with Crippen molar-refractivity contribution in [2.45, 2.75) is 38.5 Å². The van der Waals surface area contributed by atoms with Gasteiger partial charge in [-0.05, 0) is 12.8 Å². The van der Waals surface area contributed by atoms with Gasteiger partial charge in [0.15, 0.2) is 5.12 Å². The number of thioether (sulfide) groups is 1. The van der Waals surface area contributed by atoms with Crippen molar-refractivity contribution in [1.29, 1.82) is 0 Å². The SMILES string of the molecule is O=C1CCCCCCSC(=O)C1. The van der Waals surface area contributed by atoms with E-state index >= 15 is 0 Å². The smallest absolute Gasteiger partial charge is 0.196 e. The van der Waals surface area contributed by atoms with Crippen LogP contribution in [0.2, 0.25) is 0 Å². The third-order valence-corrected chi connectivity index (χ3v) is 2.91. The highest BCUT2D eigenvalue weighted by Gasteiger charge is 2.11. The minimum atomic E-state index is 0.0573. The molecule has 0 aromatic heterocycles. The summed E-state index contributed by atoms with van der Waals surface area (Å²) in [4.78, 5) is 22.1. The molecule has 0 saturated carbocycles. The van der Waals surface area contributed by atoms with E-state index in [-0.39, 0.29) is 17.3 Å². The van der Waals surface area contributed by atoms with Crippen molar-refractivity contribution >= 4 is 22.7 Å². The Morgan fingerprint density at radius 2 is 1.75 bits per heavy atom. The third-order valence-electron chi connectivity index (χ3n) is 1.95. The number of carbonyl (C=O) groups is 2. The molecule has 0 aromatic rings. The number of ketones is 1. The highest BCUT2D eigenvalue weighted by atomic mass is 32.2. The molecule has 1 aliphatic heterocycles. The van der Waals surface area contributed by atoms with Gasteiger partial charge in [0, 0.05) is 12.2 Å². The second-order valence-electron chi connectivity index (χ2n) is 3.10. The summed E-state index contributed by atoms with van der Waals surface area (Å²) in [6.07, 6.45) is 5.15. The van der Waals surface area contributed by atoms with E-state index < -0.39 is 0 Å². The molecule has 0 radical (unpaired) electrons. The highest BCUT2D eigenvalue weighted by molar-refractivity contribution is 8.13. The molecule has 12 heavy (non-hydrogen) atoms. The van der Waals surface area contributed by atoms with Gasteiger partial charge in [-0.3, -0.25) is 9.59 Å². The van der Waals surface area contributed by atoms with Crippen LogP contribution in [-0.4, -0.2) is 16.7 Å². The Labute approximate surface area is 77.1 Å². The minimum absolute atomic E-state index is 0.0573. The summed E-state index contributed by atoms with van der Waals surface area (Å²) in [7, 11) is 0. The molecule has 0 aliphatic carbocycles. The molecule has 0 aromatic carbocycles. The summed E-state index contributed by atoms with van der Waals surface area (Å²) >= 11 is 1.32. The summed E-state index contributed by atoms with van der Waals surface area (Å²) in [5.74, 6) is 1.01. The maximum Gasteiger partial charge on any atom is 0.196 e. The van der Waals surface area contributed by atoms with Gasteiger partial charge in [0.05, 0.1) is 6.42 Å². The molecule has 2 nitrogen and oxygen atoms in total. The first kappa shape index (κ1) is 9.78. The topological polar surface area (TPSA) is 34.1 Å². The van der Waals surface area contributed by atoms with E-state index in [1.165, 1.54) is 11.8 Å². The van der Waals surface area contributed by atoms with Gasteiger partial charge < -0.3 is 0 Å². The third kappa shape index (κ3) is 3.90. The predicted molar refractivity (Wildman–Crippen MR) is 50.2 cm³/mol. The van der Waals surface area contributed by atoms with Crippen LogP contribution in [0.4, 0.5) is 0 Å². The van der Waals surface area contributed by atoms with Crippen molar-refractivity contribution in [1.82, 2.24) is 0 Å². The van der Waals surface area contributed by atoms with Gasteiger partial charge in [-0.1, -0.05) is 24.6 Å². The van der Waals surface area contributed by atoms with Gasteiger partial charge in [-0.15, -0.1) is 0 Å². The Kier molecular flexibility index (Phi) is 4.36. The Balaban J connectivity index is 2.34. The van der Waals surface area contributed by atoms with Crippen LogP contribution in [0, 0.1) is 0 Å². The molecule has 3 heteroatoms. The van der Waals surface area contributed by atoms with E-state index in [1.54, 1.807) is 0 Å². The van der Waals surface area contributed by atoms with Gasteiger partial charge in [0.25, 0.3) is 0 Å². The van der Waals surface area contributed by atoms with Crippen LogP contribution in [0.5, 0.6) is 0 Å². The molecule has 0 atom stereocenters.